The maximum absolute atomic E-state index is 10.9. The summed E-state index contributed by atoms with van der Waals surface area (Å²) >= 11 is 4.84. The fraction of sp³-hybridized carbons (Fsp3) is 0.300. The molecule has 0 aliphatic carbocycles. The lowest BCUT2D eigenvalue weighted by Gasteiger charge is -2.04. The maximum atomic E-state index is 10.9. The van der Waals surface area contributed by atoms with Crippen LogP contribution in [0.1, 0.15) is 23.7 Å². The van der Waals surface area contributed by atoms with Crippen molar-refractivity contribution in [2.45, 2.75) is 18.2 Å². The number of carboxylic acids is 1. The highest BCUT2D eigenvalue weighted by Crippen LogP contribution is 2.26. The number of carbonyl (C=O) groups is 1. The summed E-state index contributed by atoms with van der Waals surface area (Å²) < 4.78 is 0.802. The first-order valence-corrected chi connectivity index (χ1v) is 6.08. The van der Waals surface area contributed by atoms with E-state index in [4.69, 9.17) is 5.11 Å². The van der Waals surface area contributed by atoms with E-state index in [1.807, 2.05) is 12.1 Å². The average molecular weight is 275 g/mol. The molecule has 0 aliphatic rings. The van der Waals surface area contributed by atoms with Crippen molar-refractivity contribution >= 4 is 33.7 Å². The van der Waals surface area contributed by atoms with Gasteiger partial charge in [0.25, 0.3) is 0 Å². The van der Waals surface area contributed by atoms with Crippen LogP contribution in [0.15, 0.2) is 27.6 Å². The van der Waals surface area contributed by atoms with E-state index in [0.29, 0.717) is 5.56 Å². The molecule has 2 nitrogen and oxygen atoms in total. The lowest BCUT2D eigenvalue weighted by atomic mass is 10.2. The number of benzene rings is 1. The van der Waals surface area contributed by atoms with Crippen LogP contribution in [0, 0.1) is 0 Å². The van der Waals surface area contributed by atoms with Gasteiger partial charge in [-0.3, -0.25) is 0 Å². The van der Waals surface area contributed by atoms with Gasteiger partial charge in [-0.15, -0.1) is 11.8 Å². The molecule has 14 heavy (non-hydrogen) atoms. The summed E-state index contributed by atoms with van der Waals surface area (Å²) in [7, 11) is 0. The number of thioether (sulfide) groups is 1. The van der Waals surface area contributed by atoms with Crippen LogP contribution in [0.2, 0.25) is 0 Å². The van der Waals surface area contributed by atoms with Gasteiger partial charge in [0, 0.05) is 9.37 Å². The van der Waals surface area contributed by atoms with Crippen molar-refractivity contribution in [3.63, 3.8) is 0 Å². The first kappa shape index (κ1) is 11.6. The Labute approximate surface area is 95.8 Å². The Hall–Kier alpha value is -0.480. The quantitative estimate of drug-likeness (QED) is 0.852. The van der Waals surface area contributed by atoms with E-state index in [0.717, 1.165) is 21.5 Å². The van der Waals surface area contributed by atoms with Crippen LogP contribution in [0.5, 0.6) is 0 Å². The average Bonchev–Trinajstić information content (AvgIpc) is 2.15. The summed E-state index contributed by atoms with van der Waals surface area (Å²) in [6.07, 6.45) is 1.04. The molecule has 0 radical (unpaired) electrons. The number of rotatable bonds is 4. The summed E-state index contributed by atoms with van der Waals surface area (Å²) in [6, 6.07) is 5.35. The predicted molar refractivity (Wildman–Crippen MR) is 62.1 cm³/mol. The molecule has 0 heterocycles. The molecule has 1 rings (SSSR count). The van der Waals surface area contributed by atoms with E-state index in [1.54, 1.807) is 17.8 Å². The Bertz CT molecular complexity index is 339. The van der Waals surface area contributed by atoms with E-state index < -0.39 is 5.97 Å². The van der Waals surface area contributed by atoms with Crippen LogP contribution in [-0.4, -0.2) is 16.8 Å². The van der Waals surface area contributed by atoms with Crippen molar-refractivity contribution < 1.29 is 9.90 Å². The van der Waals surface area contributed by atoms with E-state index in [9.17, 15) is 4.79 Å². The van der Waals surface area contributed by atoms with Crippen molar-refractivity contribution in [1.29, 1.82) is 0 Å². The third-order valence-corrected chi connectivity index (χ3v) is 3.41. The zero-order valence-corrected chi connectivity index (χ0v) is 10.2. The molecule has 1 aromatic rings. The fourth-order valence-electron chi connectivity index (χ4n) is 1.01. The SMILES string of the molecule is CCCSc1ccc(Br)cc1C(=O)O. The molecule has 0 saturated heterocycles. The highest BCUT2D eigenvalue weighted by Gasteiger charge is 2.10. The van der Waals surface area contributed by atoms with Crippen molar-refractivity contribution in [2.75, 3.05) is 5.75 Å². The normalized spacial score (nSPS) is 10.1. The maximum Gasteiger partial charge on any atom is 0.336 e. The third-order valence-electron chi connectivity index (χ3n) is 1.63. The largest absolute Gasteiger partial charge is 0.478 e. The molecule has 0 bridgehead atoms. The minimum atomic E-state index is -0.870. The molecule has 0 unspecified atom stereocenters. The van der Waals surface area contributed by atoms with E-state index >= 15 is 0 Å². The molecular formula is C10H11BrO2S. The molecule has 0 spiro atoms. The monoisotopic (exact) mass is 274 g/mol. The van der Waals surface area contributed by atoms with Gasteiger partial charge < -0.3 is 5.11 Å². The minimum absolute atomic E-state index is 0.373. The second-order valence-corrected chi connectivity index (χ2v) is 4.85. The molecule has 1 N–H and O–H groups in total. The van der Waals surface area contributed by atoms with Crippen molar-refractivity contribution in [1.82, 2.24) is 0 Å². The Morgan fingerprint density at radius 2 is 2.29 bits per heavy atom. The standard InChI is InChI=1S/C10H11BrO2S/c1-2-5-14-9-4-3-7(11)6-8(9)10(12)13/h3-4,6H,2,5H2,1H3,(H,12,13). The summed E-state index contributed by atoms with van der Waals surface area (Å²) in [4.78, 5) is 11.7. The lowest BCUT2D eigenvalue weighted by molar-refractivity contribution is 0.0693. The first-order valence-electron chi connectivity index (χ1n) is 4.30. The summed E-state index contributed by atoms with van der Waals surface area (Å²) in [5, 5.41) is 8.96. The minimum Gasteiger partial charge on any atom is -0.478 e. The molecule has 0 atom stereocenters. The second kappa shape index (κ2) is 5.41. The lowest BCUT2D eigenvalue weighted by Crippen LogP contribution is -1.98. The topological polar surface area (TPSA) is 37.3 Å². The molecule has 0 aliphatic heterocycles. The molecule has 1 aromatic carbocycles. The van der Waals surface area contributed by atoms with Gasteiger partial charge in [-0.2, -0.15) is 0 Å². The van der Waals surface area contributed by atoms with Crippen LogP contribution in [0.25, 0.3) is 0 Å². The summed E-state index contributed by atoms with van der Waals surface area (Å²) in [5.41, 5.74) is 0.373. The predicted octanol–water partition coefficient (Wildman–Crippen LogP) is 3.65. The summed E-state index contributed by atoms with van der Waals surface area (Å²) in [6.45, 7) is 2.08. The second-order valence-electron chi connectivity index (χ2n) is 2.79. The Morgan fingerprint density at radius 3 is 2.86 bits per heavy atom. The van der Waals surface area contributed by atoms with Gasteiger partial charge in [0.15, 0.2) is 0 Å². The van der Waals surface area contributed by atoms with Crippen molar-refractivity contribution in [2.24, 2.45) is 0 Å². The smallest absolute Gasteiger partial charge is 0.336 e. The third kappa shape index (κ3) is 3.03. The van der Waals surface area contributed by atoms with E-state index in [1.165, 1.54) is 0 Å². The molecule has 4 heteroatoms. The van der Waals surface area contributed by atoms with E-state index in [2.05, 4.69) is 22.9 Å². The molecule has 76 valence electrons. The van der Waals surface area contributed by atoms with Gasteiger partial charge in [-0.25, -0.2) is 4.79 Å². The van der Waals surface area contributed by atoms with Crippen molar-refractivity contribution in [3.8, 4) is 0 Å². The zero-order valence-electron chi connectivity index (χ0n) is 7.79. The molecular weight excluding hydrogens is 264 g/mol. The van der Waals surface area contributed by atoms with Crippen LogP contribution in [0.4, 0.5) is 0 Å². The van der Waals surface area contributed by atoms with Crippen LogP contribution in [-0.2, 0) is 0 Å². The highest BCUT2D eigenvalue weighted by molar-refractivity contribution is 9.10. The Morgan fingerprint density at radius 1 is 1.57 bits per heavy atom. The van der Waals surface area contributed by atoms with Crippen LogP contribution in [0.3, 0.4) is 0 Å². The molecule has 0 amide bonds. The van der Waals surface area contributed by atoms with Gasteiger partial charge in [0.2, 0.25) is 0 Å². The highest BCUT2D eigenvalue weighted by atomic mass is 79.9. The van der Waals surface area contributed by atoms with Crippen molar-refractivity contribution in [3.05, 3.63) is 28.2 Å². The number of carboxylic acid groups (broad SMARTS) is 1. The Kier molecular flexibility index (Phi) is 4.48. The molecule has 0 fully saturated rings. The Balaban J connectivity index is 2.96. The van der Waals surface area contributed by atoms with Crippen LogP contribution >= 0.6 is 27.7 Å². The summed E-state index contributed by atoms with van der Waals surface area (Å²) in [5.74, 6) is 0.0759. The fourth-order valence-corrected chi connectivity index (χ4v) is 2.26. The van der Waals surface area contributed by atoms with Gasteiger partial charge in [0.05, 0.1) is 5.56 Å². The number of hydrogen-bond donors (Lipinski definition) is 1. The van der Waals surface area contributed by atoms with Gasteiger partial charge in [-0.05, 0) is 30.4 Å². The zero-order chi connectivity index (χ0) is 10.6. The number of hydrogen-bond acceptors (Lipinski definition) is 2. The number of aromatic carboxylic acids is 1. The number of halogens is 1. The van der Waals surface area contributed by atoms with Gasteiger partial charge >= 0.3 is 5.97 Å². The first-order chi connectivity index (χ1) is 6.65. The molecule has 0 aromatic heterocycles. The van der Waals surface area contributed by atoms with Gasteiger partial charge in [0.1, 0.15) is 0 Å². The van der Waals surface area contributed by atoms with Crippen LogP contribution < -0.4 is 0 Å². The van der Waals surface area contributed by atoms with E-state index in [-0.39, 0.29) is 0 Å². The van der Waals surface area contributed by atoms with Gasteiger partial charge in [-0.1, -0.05) is 22.9 Å². The molecule has 0 saturated carbocycles.